The molecule has 3 aliphatic heterocycles. The van der Waals surface area contributed by atoms with Crippen LogP contribution in [0.3, 0.4) is 0 Å². The molecule has 2 amide bonds. The largest absolute Gasteiger partial charge is 0.506 e. The van der Waals surface area contributed by atoms with E-state index >= 15 is 0 Å². The van der Waals surface area contributed by atoms with Crippen LogP contribution in [0.1, 0.15) is 69.1 Å². The molecule has 6 N–H and O–H groups in total. The fourth-order valence-corrected chi connectivity index (χ4v) is 8.12. The predicted octanol–water partition coefficient (Wildman–Crippen LogP) is 6.09. The van der Waals surface area contributed by atoms with Crippen LogP contribution in [0.5, 0.6) is 11.5 Å². The third kappa shape index (κ3) is 10.7. The minimum absolute atomic E-state index is 0.0778. The molecule has 3 unspecified atom stereocenters. The molecular weight excluding hydrogens is 791 g/mol. The number of furan rings is 1. The second-order valence-electron chi connectivity index (χ2n) is 15.8. The van der Waals surface area contributed by atoms with E-state index in [9.17, 15) is 24.6 Å². The average molecular weight is 842 g/mol. The smallest absolute Gasteiger partial charge is 0.408 e. The van der Waals surface area contributed by atoms with Crippen molar-refractivity contribution in [1.82, 2.24) is 25.8 Å². The molecule has 3 atom stereocenters. The van der Waals surface area contributed by atoms with Crippen LogP contribution in [0.25, 0.3) is 10.9 Å². The number of fused-ring (bicyclic) bond motifs is 4. The van der Waals surface area contributed by atoms with Gasteiger partial charge in [0, 0.05) is 31.1 Å². The first-order valence-corrected chi connectivity index (χ1v) is 21.0. The lowest BCUT2D eigenvalue weighted by atomic mass is 9.86. The summed E-state index contributed by atoms with van der Waals surface area (Å²) in [6, 6.07) is 34.4. The molecule has 0 spiro atoms. The number of H-pyrrole nitrogens is 1. The van der Waals surface area contributed by atoms with E-state index in [0.717, 1.165) is 54.7 Å². The first-order chi connectivity index (χ1) is 30.3. The maximum Gasteiger partial charge on any atom is 0.408 e. The molecule has 2 aromatic heterocycles. The van der Waals surface area contributed by atoms with Crippen molar-refractivity contribution in [3.05, 3.63) is 165 Å². The number of aromatic nitrogens is 1. The van der Waals surface area contributed by atoms with Crippen molar-refractivity contribution in [1.29, 1.82) is 0 Å². The Balaban J connectivity index is 0.747. The van der Waals surface area contributed by atoms with Gasteiger partial charge in [-0.1, -0.05) is 72.8 Å². The summed E-state index contributed by atoms with van der Waals surface area (Å²) >= 11 is 0. The zero-order valence-electron chi connectivity index (χ0n) is 34.3. The Morgan fingerprint density at radius 2 is 1.65 bits per heavy atom. The van der Waals surface area contributed by atoms with Gasteiger partial charge in [0.15, 0.2) is 5.76 Å². The van der Waals surface area contributed by atoms with E-state index in [0.29, 0.717) is 48.2 Å². The number of aliphatic hydroxyl groups excluding tert-OH is 1. The Morgan fingerprint density at radius 3 is 2.42 bits per heavy atom. The van der Waals surface area contributed by atoms with Crippen LogP contribution in [0.2, 0.25) is 0 Å². The molecular formula is C48H51N5O9. The molecule has 9 rings (SSSR count). The van der Waals surface area contributed by atoms with Gasteiger partial charge in [0.25, 0.3) is 5.91 Å². The fraction of sp³-hybridized carbons (Fsp3) is 0.312. The number of aromatic amines is 1. The van der Waals surface area contributed by atoms with Crippen LogP contribution < -0.4 is 26.2 Å². The van der Waals surface area contributed by atoms with E-state index in [2.05, 4.69) is 25.8 Å². The Hall–Kier alpha value is -6.45. The second-order valence-corrected chi connectivity index (χ2v) is 15.8. The molecule has 3 saturated heterocycles. The van der Waals surface area contributed by atoms with Crippen molar-refractivity contribution >= 4 is 22.9 Å². The molecule has 0 saturated carbocycles. The molecule has 5 heterocycles. The van der Waals surface area contributed by atoms with Crippen molar-refractivity contribution in [3.63, 3.8) is 0 Å². The second kappa shape index (κ2) is 19.9. The molecule has 0 radical (unpaired) electrons. The SMILES string of the molecule is O=C(NC(c1ccccc1)c1cccc(OCc2ccc(COCCNC(=O)c3ccc(CNCC(O)c4ccc(O)c5[nH]c(=O)ccc45)o3)cc2)c1)OC1CN2CCC1CC2. The summed E-state index contributed by atoms with van der Waals surface area (Å²) in [6.07, 6.45) is 0.722. The molecule has 322 valence electrons. The Morgan fingerprint density at radius 1 is 0.871 bits per heavy atom. The zero-order chi connectivity index (χ0) is 42.8. The lowest BCUT2D eigenvalue weighted by molar-refractivity contribution is -0.0336. The maximum atomic E-state index is 13.2. The van der Waals surface area contributed by atoms with E-state index in [4.69, 9.17) is 18.6 Å². The van der Waals surface area contributed by atoms with E-state index in [-0.39, 0.29) is 54.2 Å². The summed E-state index contributed by atoms with van der Waals surface area (Å²) in [5.74, 6) is 1.34. The zero-order valence-corrected chi connectivity index (χ0v) is 34.3. The van der Waals surface area contributed by atoms with E-state index in [1.165, 1.54) is 12.1 Å². The van der Waals surface area contributed by atoms with E-state index in [1.807, 2.05) is 78.9 Å². The van der Waals surface area contributed by atoms with Crippen molar-refractivity contribution in [3.8, 4) is 11.5 Å². The van der Waals surface area contributed by atoms with Crippen molar-refractivity contribution < 1.29 is 38.4 Å². The van der Waals surface area contributed by atoms with Crippen LogP contribution >= 0.6 is 0 Å². The molecule has 6 aromatic rings. The Kier molecular flexibility index (Phi) is 13.6. The van der Waals surface area contributed by atoms with E-state index in [1.54, 1.807) is 24.3 Å². The Labute approximate surface area is 358 Å². The highest BCUT2D eigenvalue weighted by atomic mass is 16.6. The predicted molar refractivity (Wildman–Crippen MR) is 232 cm³/mol. The number of pyridine rings is 1. The monoisotopic (exact) mass is 841 g/mol. The lowest BCUT2D eigenvalue weighted by Gasteiger charge is -2.43. The summed E-state index contributed by atoms with van der Waals surface area (Å²) in [5.41, 5.74) is 4.26. The van der Waals surface area contributed by atoms with Crippen molar-refractivity contribution in [2.45, 2.75) is 50.8 Å². The molecule has 2 bridgehead atoms. The number of phenols is 1. The van der Waals surface area contributed by atoms with Gasteiger partial charge >= 0.3 is 6.09 Å². The number of alkyl carbamates (subject to hydrolysis) is 1. The van der Waals surface area contributed by atoms with Gasteiger partial charge in [-0.2, -0.15) is 0 Å². The number of rotatable bonds is 18. The van der Waals surface area contributed by atoms with Crippen LogP contribution in [-0.4, -0.2) is 77.5 Å². The number of carbonyl (C=O) groups excluding carboxylic acids is 2. The number of nitrogens with zero attached hydrogens (tertiary/aromatic N) is 1. The first-order valence-electron chi connectivity index (χ1n) is 21.0. The van der Waals surface area contributed by atoms with Crippen LogP contribution in [0.4, 0.5) is 4.79 Å². The molecule has 4 aromatic carbocycles. The van der Waals surface area contributed by atoms with Gasteiger partial charge in [0.1, 0.15) is 30.0 Å². The summed E-state index contributed by atoms with van der Waals surface area (Å²) in [4.78, 5) is 42.6. The van der Waals surface area contributed by atoms with Gasteiger partial charge < -0.3 is 49.8 Å². The number of aliphatic hydroxyl groups is 1. The van der Waals surface area contributed by atoms with Gasteiger partial charge in [-0.25, -0.2) is 4.79 Å². The number of phenolic OH excluding ortho intramolecular Hbond substituents is 1. The number of hydrogen-bond donors (Lipinski definition) is 6. The van der Waals surface area contributed by atoms with Crippen molar-refractivity contribution in [2.24, 2.45) is 5.92 Å². The van der Waals surface area contributed by atoms with Crippen LogP contribution in [0.15, 0.2) is 124 Å². The fourth-order valence-electron chi connectivity index (χ4n) is 8.12. The summed E-state index contributed by atoms with van der Waals surface area (Å²) < 4.78 is 23.7. The molecule has 0 aliphatic carbocycles. The first kappa shape index (κ1) is 42.2. The third-order valence-corrected chi connectivity index (χ3v) is 11.5. The highest BCUT2D eigenvalue weighted by Crippen LogP contribution is 2.31. The Bertz CT molecular complexity index is 2500. The summed E-state index contributed by atoms with van der Waals surface area (Å²) in [7, 11) is 0. The minimum atomic E-state index is -0.925. The number of aromatic hydroxyl groups is 1. The van der Waals surface area contributed by atoms with Gasteiger partial charge in [-0.05, 0) is 96.1 Å². The highest BCUT2D eigenvalue weighted by molar-refractivity contribution is 5.91. The van der Waals surface area contributed by atoms with Gasteiger partial charge in [-0.3, -0.25) is 14.5 Å². The van der Waals surface area contributed by atoms with Crippen LogP contribution in [0, 0.1) is 5.92 Å². The van der Waals surface area contributed by atoms with Crippen LogP contribution in [-0.2, 0) is 29.2 Å². The van der Waals surface area contributed by atoms with E-state index < -0.39 is 18.2 Å². The summed E-state index contributed by atoms with van der Waals surface area (Å²) in [5, 5.41) is 30.5. The molecule has 62 heavy (non-hydrogen) atoms. The number of piperidine rings is 3. The van der Waals surface area contributed by atoms with Gasteiger partial charge in [-0.15, -0.1) is 0 Å². The van der Waals surface area contributed by atoms with Gasteiger partial charge in [0.2, 0.25) is 5.56 Å². The molecule has 14 heteroatoms. The number of carbonyl (C=O) groups is 2. The number of nitrogens with one attached hydrogen (secondary N) is 4. The maximum absolute atomic E-state index is 13.2. The lowest BCUT2D eigenvalue weighted by Crippen LogP contribution is -2.52. The minimum Gasteiger partial charge on any atom is -0.506 e. The average Bonchev–Trinajstić information content (AvgIpc) is 3.78. The quantitative estimate of drug-likeness (QED) is 0.0551. The topological polar surface area (TPSA) is 188 Å². The van der Waals surface area contributed by atoms with Crippen molar-refractivity contribution in [2.75, 3.05) is 39.3 Å². The molecule has 3 fully saturated rings. The number of hydrogen-bond acceptors (Lipinski definition) is 11. The molecule has 3 aliphatic rings. The standard InChI is InChI=1S/C48H51N5O9/c54-40-16-14-38(39-15-18-44(56)51-46(39)40)41(55)27-49-26-37-13-17-42(61-37)47(57)50-21-24-59-29-31-9-11-32(12-10-31)30-60-36-8-4-7-35(25-36)45(34-5-2-1-3-6-34)52-48(58)62-43-28-53-22-19-33(43)20-23-53/h1-18,25,33,41,43,45,49,54-55H,19-24,26-30H2,(H,50,57)(H,51,56)(H,52,58). The third-order valence-electron chi connectivity index (χ3n) is 11.5. The number of amides is 2. The number of ether oxygens (including phenoxy) is 3. The molecule has 14 nitrogen and oxygen atoms in total. The summed E-state index contributed by atoms with van der Waals surface area (Å²) in [6.45, 7) is 4.71. The van der Waals surface area contributed by atoms with Gasteiger partial charge in [0.05, 0.1) is 37.4 Å². The highest BCUT2D eigenvalue weighted by Gasteiger charge is 2.37. The normalized spacial score (nSPS) is 17.9. The number of benzene rings is 4.